The van der Waals surface area contributed by atoms with Crippen molar-refractivity contribution < 1.29 is 28.6 Å². The quantitative estimate of drug-likeness (QED) is 0.0762. The van der Waals surface area contributed by atoms with Crippen LogP contribution >= 0.6 is 19.4 Å². The van der Waals surface area contributed by atoms with Crippen molar-refractivity contribution in [3.8, 4) is 0 Å². The number of hydrogen-bond donors (Lipinski definition) is 2. The first-order chi connectivity index (χ1) is 16.9. The van der Waals surface area contributed by atoms with Gasteiger partial charge in [-0.3, -0.25) is 9.36 Å². The standard InChI is InChI=1S/C27H55O6PS/c1-3-5-7-9-11-13-14-16-18-20-22-35-25-26(23-33-34(30,31)24-27(28)29)32-21-19-17-15-12-10-8-6-4-2/h26H,3-25H2,1-2H3,(H,28,29)(H,30,31). The lowest BCUT2D eigenvalue weighted by molar-refractivity contribution is -0.134. The summed E-state index contributed by atoms with van der Waals surface area (Å²) < 4.78 is 23.0. The summed E-state index contributed by atoms with van der Waals surface area (Å²) in [5, 5.41) is 8.78. The number of aliphatic carboxylic acids is 1. The van der Waals surface area contributed by atoms with Crippen molar-refractivity contribution in [3.05, 3.63) is 0 Å². The average molecular weight is 539 g/mol. The molecule has 8 heteroatoms. The summed E-state index contributed by atoms with van der Waals surface area (Å²) in [5.74, 6) is 0.407. The summed E-state index contributed by atoms with van der Waals surface area (Å²) in [7, 11) is -4.12. The number of carbonyl (C=O) groups is 1. The second-order valence-corrected chi connectivity index (χ2v) is 12.7. The van der Waals surface area contributed by atoms with E-state index in [2.05, 4.69) is 13.8 Å². The highest BCUT2D eigenvalue weighted by Crippen LogP contribution is 2.41. The van der Waals surface area contributed by atoms with E-state index in [-0.39, 0.29) is 12.7 Å². The first-order valence-corrected chi connectivity index (χ1v) is 17.2. The van der Waals surface area contributed by atoms with Crippen LogP contribution in [0.2, 0.25) is 0 Å². The molecule has 35 heavy (non-hydrogen) atoms. The zero-order valence-electron chi connectivity index (χ0n) is 22.7. The van der Waals surface area contributed by atoms with Gasteiger partial charge in [-0.25, -0.2) is 0 Å². The van der Waals surface area contributed by atoms with E-state index >= 15 is 0 Å². The molecule has 0 aromatic carbocycles. The van der Waals surface area contributed by atoms with Crippen LogP contribution in [0.5, 0.6) is 0 Å². The first kappa shape index (κ1) is 34.9. The largest absolute Gasteiger partial charge is 0.481 e. The van der Waals surface area contributed by atoms with Gasteiger partial charge in [-0.15, -0.1) is 0 Å². The second-order valence-electron chi connectivity index (χ2n) is 9.71. The maximum Gasteiger partial charge on any atom is 0.339 e. The van der Waals surface area contributed by atoms with Gasteiger partial charge in [0.05, 0.1) is 12.7 Å². The summed E-state index contributed by atoms with van der Waals surface area (Å²) in [4.78, 5) is 20.5. The van der Waals surface area contributed by atoms with Gasteiger partial charge >= 0.3 is 13.6 Å². The molecule has 0 saturated carbocycles. The molecule has 2 atom stereocenters. The average Bonchev–Trinajstić information content (AvgIpc) is 2.80. The highest BCUT2D eigenvalue weighted by atomic mass is 32.2. The van der Waals surface area contributed by atoms with E-state index in [0.29, 0.717) is 12.4 Å². The van der Waals surface area contributed by atoms with E-state index in [1.807, 2.05) is 0 Å². The van der Waals surface area contributed by atoms with Crippen molar-refractivity contribution in [2.45, 2.75) is 136 Å². The van der Waals surface area contributed by atoms with Crippen LogP contribution < -0.4 is 0 Å². The summed E-state index contributed by atoms with van der Waals surface area (Å²) in [5.41, 5.74) is 0. The van der Waals surface area contributed by atoms with Gasteiger partial charge in [0.15, 0.2) is 0 Å². The third kappa shape index (κ3) is 26.8. The minimum Gasteiger partial charge on any atom is -0.481 e. The Morgan fingerprint density at radius 3 is 1.71 bits per heavy atom. The summed E-state index contributed by atoms with van der Waals surface area (Å²) in [6.07, 6.45) is 21.8. The lowest BCUT2D eigenvalue weighted by Crippen LogP contribution is -2.24. The fourth-order valence-corrected chi connectivity index (χ4v) is 5.82. The van der Waals surface area contributed by atoms with Crippen LogP contribution in [0.25, 0.3) is 0 Å². The van der Waals surface area contributed by atoms with Gasteiger partial charge in [-0.1, -0.05) is 117 Å². The first-order valence-electron chi connectivity index (χ1n) is 14.3. The molecule has 0 bridgehead atoms. The van der Waals surface area contributed by atoms with Crippen molar-refractivity contribution in [2.24, 2.45) is 0 Å². The third-order valence-corrected chi connectivity index (χ3v) is 8.50. The Labute approximate surface area is 220 Å². The topological polar surface area (TPSA) is 93.1 Å². The summed E-state index contributed by atoms with van der Waals surface area (Å²) >= 11 is 1.79. The fourth-order valence-electron chi connectivity index (χ4n) is 3.95. The molecule has 0 fully saturated rings. The SMILES string of the molecule is CCCCCCCCCCCCSCC(COP(=O)(O)CC(=O)O)OCCCCCCCCCC. The van der Waals surface area contributed by atoms with Crippen LogP contribution in [0.1, 0.15) is 129 Å². The van der Waals surface area contributed by atoms with Crippen LogP contribution in [-0.4, -0.2) is 53.0 Å². The van der Waals surface area contributed by atoms with E-state index < -0.39 is 19.7 Å². The molecule has 0 aromatic rings. The Hall–Kier alpha value is -0.0700. The number of thioether (sulfide) groups is 1. The second kappa shape index (κ2) is 25.6. The van der Waals surface area contributed by atoms with Crippen molar-refractivity contribution >= 4 is 25.3 Å². The molecular weight excluding hydrogens is 483 g/mol. The normalized spacial score (nSPS) is 14.1. The van der Waals surface area contributed by atoms with Gasteiger partial charge in [0, 0.05) is 12.4 Å². The molecule has 0 amide bonds. The molecule has 0 radical (unpaired) electrons. The Morgan fingerprint density at radius 2 is 1.23 bits per heavy atom. The molecule has 0 aliphatic rings. The monoisotopic (exact) mass is 538 g/mol. The number of hydrogen-bond acceptors (Lipinski definition) is 5. The number of unbranched alkanes of at least 4 members (excludes halogenated alkanes) is 16. The van der Waals surface area contributed by atoms with E-state index in [0.717, 1.165) is 18.6 Å². The molecule has 6 nitrogen and oxygen atoms in total. The Morgan fingerprint density at radius 1 is 0.771 bits per heavy atom. The predicted octanol–water partition coefficient (Wildman–Crippen LogP) is 8.45. The van der Waals surface area contributed by atoms with Crippen molar-refractivity contribution in [3.63, 3.8) is 0 Å². The fraction of sp³-hybridized carbons (Fsp3) is 0.963. The van der Waals surface area contributed by atoms with Crippen LogP contribution in [0.3, 0.4) is 0 Å². The van der Waals surface area contributed by atoms with E-state index in [9.17, 15) is 14.3 Å². The molecule has 2 N–H and O–H groups in total. The minimum atomic E-state index is -4.12. The molecule has 0 rings (SSSR count). The van der Waals surface area contributed by atoms with E-state index in [1.54, 1.807) is 11.8 Å². The van der Waals surface area contributed by atoms with Crippen LogP contribution in [-0.2, 0) is 18.6 Å². The van der Waals surface area contributed by atoms with Gasteiger partial charge in [-0.05, 0) is 18.6 Å². The molecule has 0 aliphatic heterocycles. The maximum atomic E-state index is 11.9. The highest BCUT2D eigenvalue weighted by Gasteiger charge is 2.25. The lowest BCUT2D eigenvalue weighted by atomic mass is 10.1. The molecule has 0 aliphatic carbocycles. The third-order valence-electron chi connectivity index (χ3n) is 6.09. The van der Waals surface area contributed by atoms with Gasteiger partial charge in [0.1, 0.15) is 6.16 Å². The summed E-state index contributed by atoms with van der Waals surface area (Å²) in [6, 6.07) is 0. The van der Waals surface area contributed by atoms with Gasteiger partial charge in [-0.2, -0.15) is 11.8 Å². The molecule has 2 unspecified atom stereocenters. The highest BCUT2D eigenvalue weighted by molar-refractivity contribution is 7.99. The van der Waals surface area contributed by atoms with Crippen molar-refractivity contribution in [1.29, 1.82) is 0 Å². The Bertz CT molecular complexity index is 520. The predicted molar refractivity (Wildman–Crippen MR) is 150 cm³/mol. The number of rotatable bonds is 28. The zero-order valence-corrected chi connectivity index (χ0v) is 24.4. The summed E-state index contributed by atoms with van der Waals surface area (Å²) in [6.45, 7) is 5.05. The van der Waals surface area contributed by atoms with E-state index in [1.165, 1.54) is 103 Å². The Balaban J connectivity index is 4.03. The molecule has 0 aromatic heterocycles. The van der Waals surface area contributed by atoms with Crippen LogP contribution in [0, 0.1) is 0 Å². The smallest absolute Gasteiger partial charge is 0.339 e. The van der Waals surface area contributed by atoms with Crippen molar-refractivity contribution in [1.82, 2.24) is 0 Å². The van der Waals surface area contributed by atoms with Crippen LogP contribution in [0.15, 0.2) is 0 Å². The molecule has 0 spiro atoms. The van der Waals surface area contributed by atoms with Crippen LogP contribution in [0.4, 0.5) is 0 Å². The maximum absolute atomic E-state index is 11.9. The molecular formula is C27H55O6PS. The number of ether oxygens (including phenoxy) is 1. The Kier molecular flexibility index (Phi) is 25.5. The molecule has 0 saturated heterocycles. The van der Waals surface area contributed by atoms with E-state index in [4.69, 9.17) is 14.4 Å². The van der Waals surface area contributed by atoms with Gasteiger partial charge in [0.2, 0.25) is 0 Å². The molecule has 210 valence electrons. The van der Waals surface area contributed by atoms with Gasteiger partial charge < -0.3 is 19.3 Å². The number of carboxylic acid groups (broad SMARTS) is 1. The number of carboxylic acids is 1. The lowest BCUT2D eigenvalue weighted by Gasteiger charge is -2.19. The van der Waals surface area contributed by atoms with Crippen molar-refractivity contribution in [2.75, 3.05) is 30.9 Å². The van der Waals surface area contributed by atoms with Gasteiger partial charge in [0.25, 0.3) is 0 Å². The molecule has 0 heterocycles. The minimum absolute atomic E-state index is 0.0386. The zero-order chi connectivity index (χ0) is 26.0.